The second-order valence-electron chi connectivity index (χ2n) is 8.02. The highest BCUT2D eigenvalue weighted by molar-refractivity contribution is 6.06. The molecule has 9 heteroatoms. The number of aliphatic carboxylic acids is 1. The van der Waals surface area contributed by atoms with Gasteiger partial charge in [-0.05, 0) is 30.7 Å². The number of hydrazine groups is 1. The Balaban J connectivity index is 1.73. The van der Waals surface area contributed by atoms with Gasteiger partial charge in [-0.15, -0.1) is 0 Å². The molecule has 0 fully saturated rings. The number of nitrogens with one attached hydrogen (secondary N) is 1. The maximum absolute atomic E-state index is 13.8. The Bertz CT molecular complexity index is 1330. The van der Waals surface area contributed by atoms with Crippen LogP contribution in [-0.2, 0) is 14.3 Å². The average Bonchev–Trinajstić information content (AvgIpc) is 3.22. The smallest absolute Gasteiger partial charge is 0.340 e. The molecule has 0 saturated carbocycles. The minimum Gasteiger partial charge on any atom is -0.478 e. The van der Waals surface area contributed by atoms with Gasteiger partial charge in [-0.1, -0.05) is 48.5 Å². The van der Waals surface area contributed by atoms with E-state index >= 15 is 0 Å². The van der Waals surface area contributed by atoms with Crippen LogP contribution in [0.2, 0.25) is 0 Å². The number of hydrogen-bond donors (Lipinski definition) is 2. The van der Waals surface area contributed by atoms with E-state index in [1.54, 1.807) is 78.8 Å². The molecular formula is C26H22N4O5. The predicted octanol–water partition coefficient (Wildman–Crippen LogP) is 3.52. The third kappa shape index (κ3) is 3.81. The van der Waals surface area contributed by atoms with Gasteiger partial charge in [0, 0.05) is 18.3 Å². The normalized spacial score (nSPS) is 20.0. The van der Waals surface area contributed by atoms with Crippen molar-refractivity contribution in [2.45, 2.75) is 19.2 Å². The minimum atomic E-state index is -1.27. The van der Waals surface area contributed by atoms with E-state index in [9.17, 15) is 19.5 Å². The lowest BCUT2D eigenvalue weighted by Gasteiger charge is -2.46. The quantitative estimate of drug-likeness (QED) is 0.527. The number of ether oxygens (including phenoxy) is 1. The molecule has 9 nitrogen and oxygen atoms in total. The summed E-state index contributed by atoms with van der Waals surface area (Å²) in [6.07, 6.45) is 2.11. The lowest BCUT2D eigenvalue weighted by molar-refractivity contribution is -0.184. The number of carbonyl (C=O) groups excluding carboxylic acids is 2. The van der Waals surface area contributed by atoms with Crippen molar-refractivity contribution in [2.75, 3.05) is 11.9 Å². The van der Waals surface area contributed by atoms with Gasteiger partial charge >= 0.3 is 11.9 Å². The summed E-state index contributed by atoms with van der Waals surface area (Å²) in [6.45, 7) is 1.99. The lowest BCUT2D eigenvalue weighted by Crippen LogP contribution is -2.56. The monoisotopic (exact) mass is 470 g/mol. The van der Waals surface area contributed by atoms with Crippen LogP contribution in [0.3, 0.4) is 0 Å². The molecule has 3 heterocycles. The first-order chi connectivity index (χ1) is 17.0. The number of fused-ring (bicyclic) bond motifs is 1. The average molecular weight is 470 g/mol. The van der Waals surface area contributed by atoms with Crippen LogP contribution in [0.25, 0.3) is 0 Å². The van der Waals surface area contributed by atoms with Crippen molar-refractivity contribution in [2.24, 2.45) is 0 Å². The first-order valence-corrected chi connectivity index (χ1v) is 11.1. The fourth-order valence-corrected chi connectivity index (χ4v) is 4.53. The molecule has 2 aliphatic heterocycles. The van der Waals surface area contributed by atoms with Gasteiger partial charge in [-0.2, -0.15) is 5.01 Å². The SMILES string of the molecule is CCN1C(=O)C(Nc2cccnc2)=C(C(=O)O)C(c2ccccc2)N1C1OC(=O)c2ccccc21. The van der Waals surface area contributed by atoms with E-state index < -0.39 is 30.1 Å². The fourth-order valence-electron chi connectivity index (χ4n) is 4.53. The summed E-state index contributed by atoms with van der Waals surface area (Å²) in [4.78, 5) is 43.2. The topological polar surface area (TPSA) is 112 Å². The number of carbonyl (C=O) groups is 3. The second-order valence-corrected chi connectivity index (χ2v) is 8.02. The summed E-state index contributed by atoms with van der Waals surface area (Å²) in [5.41, 5.74) is 1.82. The number of carboxylic acid groups (broad SMARTS) is 1. The van der Waals surface area contributed by atoms with Crippen LogP contribution in [0.15, 0.2) is 90.4 Å². The van der Waals surface area contributed by atoms with Gasteiger partial charge in [-0.3, -0.25) is 14.8 Å². The Kier molecular flexibility index (Phi) is 5.76. The van der Waals surface area contributed by atoms with Crippen LogP contribution in [0.4, 0.5) is 5.69 Å². The molecule has 2 atom stereocenters. The Morgan fingerprint density at radius 1 is 1.06 bits per heavy atom. The number of benzene rings is 2. The molecule has 0 radical (unpaired) electrons. The summed E-state index contributed by atoms with van der Waals surface area (Å²) in [5.74, 6) is -2.35. The zero-order chi connectivity index (χ0) is 24.5. The van der Waals surface area contributed by atoms with Crippen LogP contribution in [0.1, 0.15) is 40.7 Å². The number of likely N-dealkylation sites (N-methyl/N-ethyl adjacent to an activating group) is 1. The Morgan fingerprint density at radius 3 is 2.49 bits per heavy atom. The molecule has 176 valence electrons. The second kappa shape index (κ2) is 9.03. The van der Waals surface area contributed by atoms with Gasteiger partial charge in [0.25, 0.3) is 5.91 Å². The van der Waals surface area contributed by atoms with Gasteiger partial charge in [-0.25, -0.2) is 9.59 Å². The van der Waals surface area contributed by atoms with E-state index in [4.69, 9.17) is 4.74 Å². The number of esters is 1. The molecule has 0 saturated heterocycles. The summed E-state index contributed by atoms with van der Waals surface area (Å²) < 4.78 is 5.73. The largest absolute Gasteiger partial charge is 0.478 e. The molecule has 2 unspecified atom stereocenters. The van der Waals surface area contributed by atoms with Crippen molar-refractivity contribution in [3.8, 4) is 0 Å². The fraction of sp³-hybridized carbons (Fsp3) is 0.154. The standard InChI is InChI=1S/C26H22N4O5/c1-2-29-23(31)21(28-17-11-8-14-27-15-17)20(25(32)33)22(16-9-4-3-5-10-16)30(29)24-18-12-6-7-13-19(18)26(34)35-24/h3-15,22,24,28H,2H2,1H3,(H,32,33). The molecule has 2 aliphatic rings. The van der Waals surface area contributed by atoms with Gasteiger partial charge in [0.05, 0.1) is 29.1 Å². The Morgan fingerprint density at radius 2 is 1.80 bits per heavy atom. The van der Waals surface area contributed by atoms with Gasteiger partial charge in [0.2, 0.25) is 6.23 Å². The molecule has 1 aromatic heterocycles. The third-order valence-corrected chi connectivity index (χ3v) is 6.02. The number of rotatable bonds is 6. The maximum Gasteiger partial charge on any atom is 0.340 e. The van der Waals surface area contributed by atoms with Crippen molar-refractivity contribution in [3.05, 3.63) is 107 Å². The van der Waals surface area contributed by atoms with E-state index in [1.807, 2.05) is 6.07 Å². The number of aromatic nitrogens is 1. The van der Waals surface area contributed by atoms with Crippen LogP contribution in [-0.4, -0.2) is 44.5 Å². The Hall–Kier alpha value is -4.50. The molecule has 5 rings (SSSR count). The number of amides is 1. The summed E-state index contributed by atoms with van der Waals surface area (Å²) in [5, 5.41) is 16.3. The van der Waals surface area contributed by atoms with E-state index in [2.05, 4.69) is 10.3 Å². The van der Waals surface area contributed by atoms with E-state index in [0.717, 1.165) is 0 Å². The number of nitrogens with zero attached hydrogens (tertiary/aromatic N) is 3. The maximum atomic E-state index is 13.8. The summed E-state index contributed by atoms with van der Waals surface area (Å²) >= 11 is 0. The van der Waals surface area contributed by atoms with Gasteiger partial charge < -0.3 is 15.2 Å². The molecule has 0 spiro atoms. The zero-order valence-electron chi connectivity index (χ0n) is 18.8. The first-order valence-electron chi connectivity index (χ1n) is 11.1. The van der Waals surface area contributed by atoms with Crippen LogP contribution >= 0.6 is 0 Å². The highest BCUT2D eigenvalue weighted by Gasteiger charge is 2.50. The van der Waals surface area contributed by atoms with Crippen LogP contribution < -0.4 is 5.32 Å². The van der Waals surface area contributed by atoms with Crippen molar-refractivity contribution in [1.82, 2.24) is 15.0 Å². The van der Waals surface area contributed by atoms with Crippen LogP contribution in [0.5, 0.6) is 0 Å². The van der Waals surface area contributed by atoms with Crippen LogP contribution in [0, 0.1) is 0 Å². The summed E-state index contributed by atoms with van der Waals surface area (Å²) in [7, 11) is 0. The molecule has 3 aromatic rings. The first kappa shape index (κ1) is 22.3. The Labute approximate surface area is 201 Å². The number of hydrogen-bond acceptors (Lipinski definition) is 7. The van der Waals surface area contributed by atoms with Gasteiger partial charge in [0.15, 0.2) is 0 Å². The molecule has 2 N–H and O–H groups in total. The summed E-state index contributed by atoms with van der Waals surface area (Å²) in [6, 6.07) is 18.3. The predicted molar refractivity (Wildman–Crippen MR) is 126 cm³/mol. The lowest BCUT2D eigenvalue weighted by atomic mass is 9.92. The molecular weight excluding hydrogens is 448 g/mol. The van der Waals surface area contributed by atoms with Crippen molar-refractivity contribution in [1.29, 1.82) is 0 Å². The highest BCUT2D eigenvalue weighted by atomic mass is 16.6. The molecule has 0 aliphatic carbocycles. The number of anilines is 1. The molecule has 1 amide bonds. The van der Waals surface area contributed by atoms with Gasteiger partial charge in [0.1, 0.15) is 5.70 Å². The zero-order valence-corrected chi connectivity index (χ0v) is 18.8. The number of cyclic esters (lactones) is 1. The van der Waals surface area contributed by atoms with E-state index in [-0.39, 0.29) is 17.8 Å². The van der Waals surface area contributed by atoms with E-state index in [0.29, 0.717) is 22.4 Å². The van der Waals surface area contributed by atoms with Crippen molar-refractivity contribution >= 4 is 23.5 Å². The molecule has 0 bridgehead atoms. The molecule has 2 aromatic carbocycles. The number of carboxylic acids is 1. The van der Waals surface area contributed by atoms with Crippen molar-refractivity contribution in [3.63, 3.8) is 0 Å². The van der Waals surface area contributed by atoms with Crippen molar-refractivity contribution < 1.29 is 24.2 Å². The highest BCUT2D eigenvalue weighted by Crippen LogP contribution is 2.45. The third-order valence-electron chi connectivity index (χ3n) is 6.02. The van der Waals surface area contributed by atoms with E-state index in [1.165, 1.54) is 11.2 Å². The molecule has 35 heavy (non-hydrogen) atoms. The number of pyridine rings is 1. The minimum absolute atomic E-state index is 0.0740.